The minimum atomic E-state index is -0.534. The van der Waals surface area contributed by atoms with Crippen molar-refractivity contribution < 1.29 is 18.7 Å². The maximum absolute atomic E-state index is 13.9. The van der Waals surface area contributed by atoms with E-state index < -0.39 is 11.4 Å². The normalized spacial score (nSPS) is 19.4. The predicted molar refractivity (Wildman–Crippen MR) is 91.8 cm³/mol. The Hall–Kier alpha value is -2.17. The number of rotatable bonds is 5. The van der Waals surface area contributed by atoms with E-state index in [4.69, 9.17) is 9.47 Å². The molecule has 0 unspecified atom stereocenters. The maximum Gasteiger partial charge on any atom is 0.248 e. The van der Waals surface area contributed by atoms with Gasteiger partial charge in [-0.15, -0.1) is 0 Å². The lowest BCUT2D eigenvalue weighted by Crippen LogP contribution is -2.54. The van der Waals surface area contributed by atoms with Crippen LogP contribution in [-0.2, 0) is 14.3 Å². The molecule has 1 aliphatic rings. The number of morpholine rings is 1. The number of hydrogen-bond acceptors (Lipinski definition) is 5. The summed E-state index contributed by atoms with van der Waals surface area (Å²) < 4.78 is 25.4. The van der Waals surface area contributed by atoms with Gasteiger partial charge in [-0.1, -0.05) is 6.07 Å². The number of nitriles is 1. The molecule has 1 aromatic rings. The molecule has 0 aliphatic carbocycles. The topological polar surface area (TPSA) is 65.8 Å². The third-order valence-corrected chi connectivity index (χ3v) is 3.95. The lowest BCUT2D eigenvalue weighted by molar-refractivity contribution is -0.139. The average molecular weight is 349 g/mol. The van der Waals surface area contributed by atoms with E-state index in [1.807, 2.05) is 24.8 Å². The summed E-state index contributed by atoms with van der Waals surface area (Å²) >= 11 is 0. The van der Waals surface area contributed by atoms with Gasteiger partial charge in [-0.25, -0.2) is 4.39 Å². The van der Waals surface area contributed by atoms with Crippen molar-refractivity contribution in [1.82, 2.24) is 4.90 Å². The van der Waals surface area contributed by atoms with Crippen LogP contribution in [0.3, 0.4) is 0 Å². The lowest BCUT2D eigenvalue weighted by Gasteiger charge is -2.44. The molecule has 1 atom stereocenters. The van der Waals surface area contributed by atoms with Crippen LogP contribution in [0.5, 0.6) is 0 Å². The number of likely N-dealkylation sites (N-methyl/N-ethyl adjacent to an activating group) is 1. The molecule has 25 heavy (non-hydrogen) atoms. The number of benzene rings is 1. The van der Waals surface area contributed by atoms with Gasteiger partial charge in [-0.05, 0) is 26.0 Å². The summed E-state index contributed by atoms with van der Waals surface area (Å²) in [4.78, 5) is 15.0. The Labute approximate surface area is 147 Å². The molecule has 1 fully saturated rings. The van der Waals surface area contributed by atoms with Crippen LogP contribution in [0.25, 0.3) is 0 Å². The van der Waals surface area contributed by atoms with E-state index in [1.54, 1.807) is 26.2 Å². The van der Waals surface area contributed by atoms with Crippen molar-refractivity contribution in [2.45, 2.75) is 25.6 Å². The van der Waals surface area contributed by atoms with Gasteiger partial charge < -0.3 is 19.3 Å². The number of halogens is 1. The molecule has 0 aromatic heterocycles. The van der Waals surface area contributed by atoms with E-state index in [2.05, 4.69) is 0 Å². The smallest absolute Gasteiger partial charge is 0.248 e. The highest BCUT2D eigenvalue weighted by Crippen LogP contribution is 2.29. The highest BCUT2D eigenvalue weighted by Gasteiger charge is 2.34. The Bertz CT molecular complexity index is 670. The molecule has 0 N–H and O–H groups in total. The summed E-state index contributed by atoms with van der Waals surface area (Å²) in [5.41, 5.74) is 0.0903. The zero-order chi connectivity index (χ0) is 18.6. The molecule has 2 rings (SSSR count). The van der Waals surface area contributed by atoms with Crippen molar-refractivity contribution in [2.75, 3.05) is 45.3 Å². The molecule has 1 heterocycles. The van der Waals surface area contributed by atoms with E-state index >= 15 is 0 Å². The second-order valence-corrected chi connectivity index (χ2v) is 6.93. The molecule has 1 saturated heterocycles. The predicted octanol–water partition coefficient (Wildman–Crippen LogP) is 1.79. The number of anilines is 1. The summed E-state index contributed by atoms with van der Waals surface area (Å²) in [6.07, 6.45) is -0.284. The molecular weight excluding hydrogens is 325 g/mol. The van der Waals surface area contributed by atoms with Crippen molar-refractivity contribution in [3.63, 3.8) is 0 Å². The first-order chi connectivity index (χ1) is 11.7. The van der Waals surface area contributed by atoms with Gasteiger partial charge in [0.05, 0.1) is 24.0 Å². The van der Waals surface area contributed by atoms with E-state index in [9.17, 15) is 14.4 Å². The van der Waals surface area contributed by atoms with E-state index in [-0.39, 0.29) is 30.8 Å². The van der Waals surface area contributed by atoms with Gasteiger partial charge >= 0.3 is 0 Å². The first-order valence-electron chi connectivity index (χ1n) is 8.13. The number of ether oxygens (including phenoxy) is 2. The Kier molecular flexibility index (Phi) is 5.98. The third-order valence-electron chi connectivity index (χ3n) is 3.95. The van der Waals surface area contributed by atoms with Crippen LogP contribution in [0.15, 0.2) is 18.2 Å². The molecule has 0 radical (unpaired) electrons. The van der Waals surface area contributed by atoms with E-state index in [0.717, 1.165) is 0 Å². The molecule has 1 aromatic carbocycles. The van der Waals surface area contributed by atoms with Crippen molar-refractivity contribution in [3.05, 3.63) is 29.6 Å². The van der Waals surface area contributed by atoms with Crippen LogP contribution in [0, 0.1) is 17.1 Å². The molecule has 6 nitrogen and oxygen atoms in total. The summed E-state index contributed by atoms with van der Waals surface area (Å²) in [6.45, 7) is 5.08. The second kappa shape index (κ2) is 7.81. The third kappa shape index (κ3) is 4.91. The highest BCUT2D eigenvalue weighted by atomic mass is 19.1. The monoisotopic (exact) mass is 349 g/mol. The highest BCUT2D eigenvalue weighted by molar-refractivity contribution is 5.76. The fourth-order valence-corrected chi connectivity index (χ4v) is 2.86. The van der Waals surface area contributed by atoms with Crippen LogP contribution >= 0.6 is 0 Å². The number of carbonyl (C=O) groups is 1. The van der Waals surface area contributed by atoms with Crippen LogP contribution in [0.4, 0.5) is 10.1 Å². The number of hydrogen-bond donors (Lipinski definition) is 0. The van der Waals surface area contributed by atoms with Crippen LogP contribution < -0.4 is 4.90 Å². The van der Waals surface area contributed by atoms with Gasteiger partial charge in [-0.3, -0.25) is 4.79 Å². The van der Waals surface area contributed by atoms with Gasteiger partial charge in [0.25, 0.3) is 0 Å². The molecule has 1 aliphatic heterocycles. The number of carbonyl (C=O) groups excluding carboxylic acids is 1. The van der Waals surface area contributed by atoms with Crippen molar-refractivity contribution in [2.24, 2.45) is 0 Å². The lowest BCUT2D eigenvalue weighted by atomic mass is 10.0. The minimum Gasteiger partial charge on any atom is -0.369 e. The molecular formula is C18H24FN3O3. The van der Waals surface area contributed by atoms with Crippen molar-refractivity contribution in [3.8, 4) is 6.07 Å². The fourth-order valence-electron chi connectivity index (χ4n) is 2.86. The van der Waals surface area contributed by atoms with Gasteiger partial charge in [-0.2, -0.15) is 5.26 Å². The zero-order valence-corrected chi connectivity index (χ0v) is 15.1. The quantitative estimate of drug-likeness (QED) is 0.811. The van der Waals surface area contributed by atoms with Crippen LogP contribution in [0.2, 0.25) is 0 Å². The van der Waals surface area contributed by atoms with Crippen LogP contribution in [0.1, 0.15) is 19.4 Å². The summed E-state index contributed by atoms with van der Waals surface area (Å²) in [5.74, 6) is -0.655. The van der Waals surface area contributed by atoms with Crippen LogP contribution in [-0.4, -0.2) is 62.9 Å². The minimum absolute atomic E-state index is 0.0172. The van der Waals surface area contributed by atoms with Gasteiger partial charge in [0.2, 0.25) is 5.91 Å². The summed E-state index contributed by atoms with van der Waals surface area (Å²) in [5, 5.41) is 9.27. The number of nitrogens with zero attached hydrogens (tertiary/aromatic N) is 3. The Morgan fingerprint density at radius 2 is 2.24 bits per heavy atom. The second-order valence-electron chi connectivity index (χ2n) is 6.93. The molecule has 7 heteroatoms. The summed E-state index contributed by atoms with van der Waals surface area (Å²) in [6, 6.07) is 6.54. The molecule has 1 amide bonds. The molecule has 136 valence electrons. The first kappa shape index (κ1) is 19.2. The Morgan fingerprint density at radius 1 is 1.52 bits per heavy atom. The molecule has 0 saturated carbocycles. The van der Waals surface area contributed by atoms with Crippen molar-refractivity contribution >= 4 is 11.6 Å². The van der Waals surface area contributed by atoms with Crippen molar-refractivity contribution in [1.29, 1.82) is 5.26 Å². The summed E-state index contributed by atoms with van der Waals surface area (Å²) in [7, 11) is 3.34. The SMILES string of the molecule is CN(C)C(=O)COC[C@H]1CN(c2cccc(F)c2C#N)CC(C)(C)O1. The Balaban J connectivity index is 2.10. The van der Waals surface area contributed by atoms with E-state index in [1.165, 1.54) is 11.0 Å². The van der Waals surface area contributed by atoms with Gasteiger partial charge in [0, 0.05) is 27.2 Å². The van der Waals surface area contributed by atoms with Gasteiger partial charge in [0.1, 0.15) is 24.1 Å². The van der Waals surface area contributed by atoms with E-state index in [0.29, 0.717) is 18.8 Å². The number of amides is 1. The largest absolute Gasteiger partial charge is 0.369 e. The zero-order valence-electron chi connectivity index (χ0n) is 15.1. The Morgan fingerprint density at radius 3 is 2.88 bits per heavy atom. The average Bonchev–Trinajstić information content (AvgIpc) is 2.52. The van der Waals surface area contributed by atoms with Gasteiger partial charge in [0.15, 0.2) is 0 Å². The molecule has 0 spiro atoms. The standard InChI is InChI=1S/C18H24FN3O3/c1-18(2)12-22(16-7-5-6-15(19)14(16)8-20)9-13(25-18)10-24-11-17(23)21(3)4/h5-7,13H,9-12H2,1-4H3/t13-/m1/s1. The first-order valence-corrected chi connectivity index (χ1v) is 8.13. The maximum atomic E-state index is 13.9. The fraction of sp³-hybridized carbons (Fsp3) is 0.556. The molecule has 0 bridgehead atoms.